The van der Waals surface area contributed by atoms with Crippen LogP contribution < -0.4 is 5.32 Å². The summed E-state index contributed by atoms with van der Waals surface area (Å²) in [6.45, 7) is 5.71. The van der Waals surface area contributed by atoms with Gasteiger partial charge in [-0.05, 0) is 25.3 Å². The fourth-order valence-corrected chi connectivity index (χ4v) is 3.36. The number of carbonyl (C=O) groups excluding carboxylic acids is 1. The number of hydrogen-bond donors (Lipinski definition) is 2. The Morgan fingerprint density at radius 1 is 1.29 bits per heavy atom. The number of amides is 1. The van der Waals surface area contributed by atoms with Crippen LogP contribution in [-0.2, 0) is 11.3 Å². The van der Waals surface area contributed by atoms with E-state index in [-0.39, 0.29) is 5.91 Å². The number of likely N-dealkylation sites (tertiary alicyclic amines) is 1. The molecule has 1 aromatic heterocycles. The molecule has 150 valence electrons. The summed E-state index contributed by atoms with van der Waals surface area (Å²) in [5.41, 5.74) is 2.12. The normalized spacial score (nSPS) is 14.4. The van der Waals surface area contributed by atoms with Crippen molar-refractivity contribution in [1.29, 1.82) is 0 Å². The monoisotopic (exact) mass is 382 g/mol. The van der Waals surface area contributed by atoms with E-state index in [0.29, 0.717) is 19.5 Å². The molecule has 1 aromatic carbocycles. The highest BCUT2D eigenvalue weighted by Gasteiger charge is 2.17. The van der Waals surface area contributed by atoms with Gasteiger partial charge in [0.15, 0.2) is 5.96 Å². The van der Waals surface area contributed by atoms with Gasteiger partial charge in [-0.1, -0.05) is 30.3 Å². The Morgan fingerprint density at radius 3 is 2.75 bits per heavy atom. The van der Waals surface area contributed by atoms with Gasteiger partial charge in [0.25, 0.3) is 0 Å². The third-order valence-corrected chi connectivity index (χ3v) is 4.84. The summed E-state index contributed by atoms with van der Waals surface area (Å²) in [5.74, 6) is 1.87. The van der Waals surface area contributed by atoms with Crippen molar-refractivity contribution in [3.05, 3.63) is 42.4 Å². The lowest BCUT2D eigenvalue weighted by Crippen LogP contribution is -2.39. The smallest absolute Gasteiger partial charge is 0.224 e. The van der Waals surface area contributed by atoms with E-state index in [1.807, 2.05) is 48.2 Å². The summed E-state index contributed by atoms with van der Waals surface area (Å²) in [6.07, 6.45) is 4.56. The molecule has 1 aliphatic rings. The molecule has 1 aliphatic heterocycles. The summed E-state index contributed by atoms with van der Waals surface area (Å²) < 4.78 is 0. The Hall–Kier alpha value is -2.83. The molecule has 0 spiro atoms. The zero-order valence-electron chi connectivity index (χ0n) is 16.8. The Kier molecular flexibility index (Phi) is 7.06. The number of aromatic amines is 1. The lowest BCUT2D eigenvalue weighted by atomic mass is 10.2. The van der Waals surface area contributed by atoms with Crippen LogP contribution in [0, 0.1) is 0 Å². The third kappa shape index (κ3) is 5.34. The average molecular weight is 383 g/mol. The number of nitrogens with one attached hydrogen (secondary N) is 2. The lowest BCUT2D eigenvalue weighted by molar-refractivity contribution is -0.129. The van der Waals surface area contributed by atoms with Crippen LogP contribution in [0.25, 0.3) is 11.3 Å². The number of rotatable bonds is 7. The van der Waals surface area contributed by atoms with Crippen LogP contribution in [0.5, 0.6) is 0 Å². The van der Waals surface area contributed by atoms with Gasteiger partial charge in [0, 0.05) is 33.1 Å². The molecule has 0 saturated carbocycles. The molecule has 1 fully saturated rings. The van der Waals surface area contributed by atoms with Crippen LogP contribution in [0.1, 0.15) is 32.0 Å². The SMILES string of the molecule is CCNC(=NCCC(=O)N1CCCC1)N(C)Cc1ncc(-c2ccccc2)[nH]1. The molecule has 0 unspecified atom stereocenters. The minimum Gasteiger partial charge on any atom is -0.357 e. The van der Waals surface area contributed by atoms with E-state index in [1.54, 1.807) is 0 Å². The Balaban J connectivity index is 1.57. The largest absolute Gasteiger partial charge is 0.357 e. The highest BCUT2D eigenvalue weighted by molar-refractivity contribution is 5.80. The van der Waals surface area contributed by atoms with Crippen molar-refractivity contribution in [1.82, 2.24) is 25.1 Å². The predicted octanol–water partition coefficient (Wildman–Crippen LogP) is 2.49. The van der Waals surface area contributed by atoms with E-state index in [9.17, 15) is 4.79 Å². The molecule has 28 heavy (non-hydrogen) atoms. The first-order valence-electron chi connectivity index (χ1n) is 10.0. The van der Waals surface area contributed by atoms with Crippen molar-refractivity contribution in [2.45, 2.75) is 32.7 Å². The molecule has 0 bridgehead atoms. The highest BCUT2D eigenvalue weighted by Crippen LogP contribution is 2.16. The fourth-order valence-electron chi connectivity index (χ4n) is 3.36. The predicted molar refractivity (Wildman–Crippen MR) is 112 cm³/mol. The molecule has 7 heteroatoms. The molecule has 1 saturated heterocycles. The van der Waals surface area contributed by atoms with Crippen molar-refractivity contribution in [2.24, 2.45) is 4.99 Å². The minimum absolute atomic E-state index is 0.207. The standard InChI is InChI=1S/C21H30N6O/c1-3-22-21(23-12-11-20(28)27-13-7-8-14-27)26(2)16-19-24-15-18(25-19)17-9-5-4-6-10-17/h4-6,9-10,15H,3,7-8,11-14,16H2,1-2H3,(H,22,23)(H,24,25). The van der Waals surface area contributed by atoms with Crippen LogP contribution in [0.4, 0.5) is 0 Å². The van der Waals surface area contributed by atoms with Gasteiger partial charge in [0.05, 0.1) is 25.0 Å². The van der Waals surface area contributed by atoms with Gasteiger partial charge in [0.1, 0.15) is 5.82 Å². The molecule has 7 nitrogen and oxygen atoms in total. The molecule has 1 amide bonds. The van der Waals surface area contributed by atoms with E-state index >= 15 is 0 Å². The van der Waals surface area contributed by atoms with Gasteiger partial charge >= 0.3 is 0 Å². The van der Waals surface area contributed by atoms with Gasteiger partial charge < -0.3 is 20.1 Å². The number of aromatic nitrogens is 2. The second-order valence-electron chi connectivity index (χ2n) is 7.04. The topological polar surface area (TPSA) is 76.6 Å². The quantitative estimate of drug-likeness (QED) is 0.570. The molecule has 0 atom stereocenters. The summed E-state index contributed by atoms with van der Waals surface area (Å²) in [7, 11) is 1.98. The van der Waals surface area contributed by atoms with Gasteiger partial charge in [-0.2, -0.15) is 0 Å². The first-order chi connectivity index (χ1) is 13.7. The highest BCUT2D eigenvalue weighted by atomic mass is 16.2. The Labute approximate surface area is 166 Å². The number of carbonyl (C=O) groups is 1. The van der Waals surface area contributed by atoms with Crippen LogP contribution in [0.3, 0.4) is 0 Å². The second-order valence-corrected chi connectivity index (χ2v) is 7.04. The van der Waals surface area contributed by atoms with Gasteiger partial charge in [-0.15, -0.1) is 0 Å². The summed E-state index contributed by atoms with van der Waals surface area (Å²) >= 11 is 0. The third-order valence-electron chi connectivity index (χ3n) is 4.84. The van der Waals surface area contributed by atoms with Crippen LogP contribution in [-0.4, -0.2) is 64.9 Å². The molecule has 0 radical (unpaired) electrons. The van der Waals surface area contributed by atoms with E-state index in [2.05, 4.69) is 32.4 Å². The number of nitrogens with zero attached hydrogens (tertiary/aromatic N) is 4. The van der Waals surface area contributed by atoms with Crippen molar-refractivity contribution in [3.8, 4) is 11.3 Å². The van der Waals surface area contributed by atoms with Crippen molar-refractivity contribution < 1.29 is 4.79 Å². The number of benzene rings is 1. The van der Waals surface area contributed by atoms with Crippen LogP contribution in [0.2, 0.25) is 0 Å². The number of aliphatic imine (C=N–C) groups is 1. The summed E-state index contributed by atoms with van der Waals surface area (Å²) in [5, 5.41) is 3.29. The van der Waals surface area contributed by atoms with Crippen molar-refractivity contribution in [2.75, 3.05) is 33.2 Å². The maximum atomic E-state index is 12.2. The summed E-state index contributed by atoms with van der Waals surface area (Å²) in [4.78, 5) is 28.7. The van der Waals surface area contributed by atoms with Gasteiger partial charge in [-0.25, -0.2) is 4.98 Å². The second kappa shape index (κ2) is 9.92. The Bertz CT molecular complexity index is 779. The molecular formula is C21H30N6O. The Morgan fingerprint density at radius 2 is 2.04 bits per heavy atom. The first-order valence-corrected chi connectivity index (χ1v) is 10.0. The average Bonchev–Trinajstić information content (AvgIpc) is 3.40. The minimum atomic E-state index is 0.207. The molecule has 2 heterocycles. The van der Waals surface area contributed by atoms with E-state index in [0.717, 1.165) is 55.5 Å². The van der Waals surface area contributed by atoms with Crippen LogP contribution >= 0.6 is 0 Å². The molecule has 2 aromatic rings. The van der Waals surface area contributed by atoms with Gasteiger partial charge in [0.2, 0.25) is 5.91 Å². The number of guanidine groups is 1. The molecular weight excluding hydrogens is 352 g/mol. The molecule has 2 N–H and O–H groups in total. The lowest BCUT2D eigenvalue weighted by Gasteiger charge is -2.21. The number of H-pyrrole nitrogens is 1. The maximum Gasteiger partial charge on any atom is 0.224 e. The molecule has 3 rings (SSSR count). The number of hydrogen-bond acceptors (Lipinski definition) is 3. The van der Waals surface area contributed by atoms with Gasteiger partial charge in [-0.3, -0.25) is 9.79 Å². The van der Waals surface area contributed by atoms with Crippen molar-refractivity contribution in [3.63, 3.8) is 0 Å². The van der Waals surface area contributed by atoms with E-state index in [1.165, 1.54) is 0 Å². The van der Waals surface area contributed by atoms with Crippen LogP contribution in [0.15, 0.2) is 41.5 Å². The molecule has 0 aliphatic carbocycles. The first kappa shape index (κ1) is 19.9. The maximum absolute atomic E-state index is 12.2. The zero-order valence-corrected chi connectivity index (χ0v) is 16.8. The number of imidazole rings is 1. The zero-order chi connectivity index (χ0) is 19.8. The van der Waals surface area contributed by atoms with E-state index in [4.69, 9.17) is 0 Å². The summed E-state index contributed by atoms with van der Waals surface area (Å²) in [6, 6.07) is 10.2. The fraction of sp³-hybridized carbons (Fsp3) is 0.476. The van der Waals surface area contributed by atoms with E-state index < -0.39 is 0 Å². The van der Waals surface area contributed by atoms with Crippen molar-refractivity contribution >= 4 is 11.9 Å².